The molecular weight excluding hydrogens is 411 g/mol. The Morgan fingerprint density at radius 1 is 1.07 bits per heavy atom. The Morgan fingerprint density at radius 2 is 1.76 bits per heavy atom. The maximum atomic E-state index is 12.5. The van der Waals surface area contributed by atoms with Gasteiger partial charge in [-0.2, -0.15) is 0 Å². The molecule has 0 aliphatic heterocycles. The van der Waals surface area contributed by atoms with Gasteiger partial charge in [0.25, 0.3) is 10.0 Å². The minimum atomic E-state index is -4.85. The van der Waals surface area contributed by atoms with Crippen LogP contribution in [0.3, 0.4) is 0 Å². The first-order chi connectivity index (χ1) is 13.6. The van der Waals surface area contributed by atoms with Crippen molar-refractivity contribution in [2.75, 3.05) is 24.4 Å². The summed E-state index contributed by atoms with van der Waals surface area (Å²) < 4.78 is 73.1. The van der Waals surface area contributed by atoms with Crippen LogP contribution in [-0.4, -0.2) is 39.5 Å². The van der Waals surface area contributed by atoms with Crippen LogP contribution in [0.5, 0.6) is 11.6 Å². The molecule has 11 heteroatoms. The lowest BCUT2D eigenvalue weighted by Crippen LogP contribution is -2.22. The molecule has 7 nitrogen and oxygen atoms in total. The fourth-order valence-corrected chi connectivity index (χ4v) is 3.40. The minimum Gasteiger partial charge on any atom is -0.476 e. The van der Waals surface area contributed by atoms with Gasteiger partial charge in [0.1, 0.15) is 12.4 Å². The van der Waals surface area contributed by atoms with Crippen molar-refractivity contribution in [1.82, 2.24) is 10.3 Å². The van der Waals surface area contributed by atoms with Gasteiger partial charge in [0.2, 0.25) is 5.88 Å². The number of alkyl halides is 3. The highest BCUT2D eigenvalue weighted by Crippen LogP contribution is 2.25. The number of sulfonamides is 1. The second kappa shape index (κ2) is 9.79. The average Bonchev–Trinajstić information content (AvgIpc) is 2.63. The quantitative estimate of drug-likeness (QED) is 0.558. The Morgan fingerprint density at radius 3 is 2.34 bits per heavy atom. The van der Waals surface area contributed by atoms with Crippen LogP contribution in [0.1, 0.15) is 19.0 Å². The van der Waals surface area contributed by atoms with E-state index in [0.29, 0.717) is 24.7 Å². The van der Waals surface area contributed by atoms with E-state index in [1.165, 1.54) is 12.1 Å². The zero-order valence-electron chi connectivity index (χ0n) is 15.9. The molecule has 2 rings (SSSR count). The summed E-state index contributed by atoms with van der Waals surface area (Å²) in [5.74, 6) is -0.151. The number of nitrogens with zero attached hydrogens (tertiary/aromatic N) is 1. The summed E-state index contributed by atoms with van der Waals surface area (Å²) in [7, 11) is -4.01. The largest absolute Gasteiger partial charge is 0.573 e. The molecular formula is C18H22F3N3O4S. The molecule has 160 valence electrons. The zero-order chi connectivity index (χ0) is 21.5. The van der Waals surface area contributed by atoms with Crippen molar-refractivity contribution in [3.63, 3.8) is 0 Å². The highest BCUT2D eigenvalue weighted by atomic mass is 32.2. The highest BCUT2D eigenvalue weighted by molar-refractivity contribution is 7.92. The maximum Gasteiger partial charge on any atom is 0.573 e. The summed E-state index contributed by atoms with van der Waals surface area (Å²) >= 11 is 0. The van der Waals surface area contributed by atoms with Gasteiger partial charge < -0.3 is 14.8 Å². The van der Waals surface area contributed by atoms with Gasteiger partial charge in [-0.1, -0.05) is 6.92 Å². The minimum absolute atomic E-state index is 0.214. The van der Waals surface area contributed by atoms with E-state index in [1.807, 2.05) is 0 Å². The lowest BCUT2D eigenvalue weighted by atomic mass is 10.3. The number of benzene rings is 1. The standard InChI is InChI=1S/C18H22F3N3O4S/c1-3-10-22-11-12-27-17-9-8-16(13(2)23-17)24-29(25,26)15-6-4-14(5-7-15)28-18(19,20)21/h4-9,22,24H,3,10-12H2,1-2H3. The Kier molecular flexibility index (Phi) is 7.68. The van der Waals surface area contributed by atoms with Crippen molar-refractivity contribution < 1.29 is 31.1 Å². The summed E-state index contributed by atoms with van der Waals surface area (Å²) in [6.45, 7) is 5.64. The fourth-order valence-electron chi connectivity index (χ4n) is 2.28. The number of aromatic nitrogens is 1. The van der Waals surface area contributed by atoms with Crippen LogP contribution in [0.4, 0.5) is 18.9 Å². The van der Waals surface area contributed by atoms with E-state index in [2.05, 4.69) is 26.7 Å². The van der Waals surface area contributed by atoms with E-state index in [4.69, 9.17) is 4.74 Å². The van der Waals surface area contributed by atoms with Crippen molar-refractivity contribution in [2.24, 2.45) is 0 Å². The molecule has 1 aromatic heterocycles. The van der Waals surface area contributed by atoms with Gasteiger partial charge in [-0.15, -0.1) is 13.2 Å². The lowest BCUT2D eigenvalue weighted by molar-refractivity contribution is -0.274. The van der Waals surface area contributed by atoms with Crippen molar-refractivity contribution in [3.8, 4) is 11.6 Å². The number of halogens is 3. The molecule has 0 radical (unpaired) electrons. The third kappa shape index (κ3) is 7.42. The molecule has 0 amide bonds. The predicted molar refractivity (Wildman–Crippen MR) is 102 cm³/mol. The molecule has 1 aromatic carbocycles. The van der Waals surface area contributed by atoms with Crippen molar-refractivity contribution >= 4 is 15.7 Å². The van der Waals surface area contributed by atoms with Gasteiger partial charge in [-0.3, -0.25) is 4.72 Å². The summed E-state index contributed by atoms with van der Waals surface area (Å²) in [5, 5.41) is 3.18. The van der Waals surface area contributed by atoms with E-state index < -0.39 is 22.1 Å². The molecule has 0 atom stereocenters. The van der Waals surface area contributed by atoms with E-state index in [1.54, 1.807) is 6.92 Å². The third-order valence-electron chi connectivity index (χ3n) is 3.63. The second-order valence-corrected chi connectivity index (χ2v) is 7.69. The molecule has 0 aliphatic carbocycles. The molecule has 1 heterocycles. The van der Waals surface area contributed by atoms with Crippen molar-refractivity contribution in [2.45, 2.75) is 31.5 Å². The number of ether oxygens (including phenoxy) is 2. The third-order valence-corrected chi connectivity index (χ3v) is 5.01. The van der Waals surface area contributed by atoms with E-state index >= 15 is 0 Å². The van der Waals surface area contributed by atoms with Crippen LogP contribution < -0.4 is 19.5 Å². The van der Waals surface area contributed by atoms with E-state index in [0.717, 1.165) is 37.2 Å². The van der Waals surface area contributed by atoms with Crippen LogP contribution in [0.25, 0.3) is 0 Å². The monoisotopic (exact) mass is 433 g/mol. The number of aryl methyl sites for hydroxylation is 1. The summed E-state index contributed by atoms with van der Waals surface area (Å²) in [6, 6.07) is 6.94. The summed E-state index contributed by atoms with van der Waals surface area (Å²) in [5.41, 5.74) is 0.627. The van der Waals surface area contributed by atoms with Gasteiger partial charge in [-0.25, -0.2) is 13.4 Å². The first kappa shape index (κ1) is 22.8. The zero-order valence-corrected chi connectivity index (χ0v) is 16.7. The van der Waals surface area contributed by atoms with Crippen molar-refractivity contribution in [1.29, 1.82) is 0 Å². The lowest BCUT2D eigenvalue weighted by Gasteiger charge is -2.13. The SMILES string of the molecule is CCCNCCOc1ccc(NS(=O)(=O)c2ccc(OC(F)(F)F)cc2)c(C)n1. The molecule has 0 fully saturated rings. The molecule has 0 saturated heterocycles. The van der Waals surface area contributed by atoms with Gasteiger partial charge in [-0.05, 0) is 50.2 Å². The van der Waals surface area contributed by atoms with E-state index in [9.17, 15) is 21.6 Å². The second-order valence-electron chi connectivity index (χ2n) is 6.01. The number of anilines is 1. The molecule has 0 aliphatic rings. The highest BCUT2D eigenvalue weighted by Gasteiger charge is 2.31. The van der Waals surface area contributed by atoms with E-state index in [-0.39, 0.29) is 10.6 Å². The summed E-state index contributed by atoms with van der Waals surface area (Å²) in [6.07, 6.45) is -3.83. The Balaban J connectivity index is 2.02. The van der Waals surface area contributed by atoms with Crippen molar-refractivity contribution in [3.05, 3.63) is 42.1 Å². The maximum absolute atomic E-state index is 12.5. The Bertz CT molecular complexity index is 904. The molecule has 0 bridgehead atoms. The molecule has 0 saturated carbocycles. The Labute approximate surface area is 167 Å². The first-order valence-corrected chi connectivity index (χ1v) is 10.3. The van der Waals surface area contributed by atoms with Gasteiger partial charge in [0.05, 0.1) is 16.3 Å². The summed E-state index contributed by atoms with van der Waals surface area (Å²) in [4.78, 5) is 3.99. The molecule has 2 N–H and O–H groups in total. The van der Waals surface area contributed by atoms with Gasteiger partial charge in [0, 0.05) is 12.6 Å². The van der Waals surface area contributed by atoms with Crippen LogP contribution >= 0.6 is 0 Å². The molecule has 0 spiro atoms. The Hall–Kier alpha value is -2.53. The number of hydrogen-bond acceptors (Lipinski definition) is 6. The molecule has 0 unspecified atom stereocenters. The van der Waals surface area contributed by atoms with Gasteiger partial charge >= 0.3 is 6.36 Å². The topological polar surface area (TPSA) is 89.6 Å². The van der Waals surface area contributed by atoms with Crippen LogP contribution in [-0.2, 0) is 10.0 Å². The fraction of sp³-hybridized carbons (Fsp3) is 0.389. The predicted octanol–water partition coefficient (Wildman–Crippen LogP) is 3.47. The van der Waals surface area contributed by atoms with Crippen LogP contribution in [0.2, 0.25) is 0 Å². The van der Waals surface area contributed by atoms with Gasteiger partial charge in [0.15, 0.2) is 0 Å². The number of pyridine rings is 1. The molecule has 2 aromatic rings. The number of rotatable bonds is 10. The smallest absolute Gasteiger partial charge is 0.476 e. The number of nitrogens with one attached hydrogen (secondary N) is 2. The average molecular weight is 433 g/mol. The van der Waals surface area contributed by atoms with Crippen LogP contribution in [0, 0.1) is 6.92 Å². The number of hydrogen-bond donors (Lipinski definition) is 2. The van der Waals surface area contributed by atoms with Crippen LogP contribution in [0.15, 0.2) is 41.3 Å². The normalized spacial score (nSPS) is 11.9. The first-order valence-electron chi connectivity index (χ1n) is 8.80. The molecule has 29 heavy (non-hydrogen) atoms.